The van der Waals surface area contributed by atoms with E-state index in [-0.39, 0.29) is 0 Å². The van der Waals surface area contributed by atoms with Gasteiger partial charge in [0.25, 0.3) is 0 Å². The van der Waals surface area contributed by atoms with Gasteiger partial charge in [-0.25, -0.2) is 9.98 Å². The van der Waals surface area contributed by atoms with Crippen LogP contribution in [0.25, 0.3) is 21.7 Å². The molecule has 3 aliphatic rings. The Morgan fingerprint density at radius 1 is 1.06 bits per heavy atom. The fourth-order valence-electron chi connectivity index (χ4n) is 3.40. The average molecular weight is 456 g/mol. The van der Waals surface area contributed by atoms with Gasteiger partial charge < -0.3 is 15.1 Å². The maximum atomic E-state index is 6.85. The molecule has 0 saturated carbocycles. The Morgan fingerprint density at radius 2 is 1.81 bits per heavy atom. The van der Waals surface area contributed by atoms with Gasteiger partial charge in [-0.2, -0.15) is 4.98 Å². The zero-order valence-corrected chi connectivity index (χ0v) is 19.9. The van der Waals surface area contributed by atoms with Crippen LogP contribution in [0.1, 0.15) is 24.4 Å². The number of nitrogens with one attached hydrogen (secondary N) is 1. The molecule has 0 radical (unpaired) electrons. The SMILES string of the molecule is CCCN=c1nc(N(C)C)nc2sc3c(c(-c4ccccc4)c1-2)C(Cl)N=C(N(C)C)N3. The second kappa shape index (κ2) is 8.80. The van der Waals surface area contributed by atoms with Crippen molar-refractivity contribution in [3.05, 3.63) is 41.4 Å². The van der Waals surface area contributed by atoms with Crippen LogP contribution >= 0.6 is 22.9 Å². The minimum absolute atomic E-state index is 0.531. The van der Waals surface area contributed by atoms with Crippen LogP contribution in [0.3, 0.4) is 0 Å². The summed E-state index contributed by atoms with van der Waals surface area (Å²) >= 11 is 8.41. The molecule has 0 aliphatic carbocycles. The van der Waals surface area contributed by atoms with Gasteiger partial charge in [0.1, 0.15) is 10.0 Å². The van der Waals surface area contributed by atoms with Gasteiger partial charge in [0.05, 0.1) is 5.56 Å². The lowest BCUT2D eigenvalue weighted by Gasteiger charge is -2.29. The molecule has 162 valence electrons. The van der Waals surface area contributed by atoms with Crippen molar-refractivity contribution >= 4 is 39.8 Å². The molecule has 3 aliphatic heterocycles. The molecular formula is C22H26ClN7S. The van der Waals surface area contributed by atoms with Crippen LogP contribution in [-0.4, -0.2) is 55.6 Å². The van der Waals surface area contributed by atoms with Crippen molar-refractivity contribution in [1.29, 1.82) is 0 Å². The molecule has 1 atom stereocenters. The largest absolute Gasteiger partial charge is 0.349 e. The van der Waals surface area contributed by atoms with Crippen molar-refractivity contribution in [2.45, 2.75) is 18.8 Å². The number of anilines is 2. The summed E-state index contributed by atoms with van der Waals surface area (Å²) in [6.45, 7) is 2.80. The standard InChI is InChI=1S/C22H26ClN7S/c1-6-12-24-18-16-14(13-10-8-7-9-11-13)15-17(23)25-21(29(2)3)27-19(15)31-20(16)28-22(26-18)30(4)5/h7-11,17H,6,12H2,1-5H3,(H,25,27). The normalized spacial score (nSPS) is 16.0. The van der Waals surface area contributed by atoms with Gasteiger partial charge in [0, 0.05) is 45.9 Å². The molecule has 1 aromatic carbocycles. The third-order valence-electron chi connectivity index (χ3n) is 4.88. The molecule has 0 amide bonds. The molecule has 1 N–H and O–H groups in total. The fourth-order valence-corrected chi connectivity index (χ4v) is 4.86. The van der Waals surface area contributed by atoms with E-state index in [9.17, 15) is 0 Å². The molecule has 7 nitrogen and oxygen atoms in total. The van der Waals surface area contributed by atoms with Gasteiger partial charge in [-0.15, -0.1) is 0 Å². The van der Waals surface area contributed by atoms with E-state index in [1.54, 1.807) is 11.3 Å². The van der Waals surface area contributed by atoms with Crippen molar-refractivity contribution in [2.24, 2.45) is 9.98 Å². The molecule has 1 unspecified atom stereocenters. The Morgan fingerprint density at radius 3 is 2.45 bits per heavy atom. The first-order valence-corrected chi connectivity index (χ1v) is 11.4. The lowest BCUT2D eigenvalue weighted by molar-refractivity contribution is 0.612. The second-order valence-corrected chi connectivity index (χ2v) is 9.11. The number of guanidine groups is 1. The molecule has 0 fully saturated rings. The number of halogens is 1. The van der Waals surface area contributed by atoms with Crippen molar-refractivity contribution in [3.63, 3.8) is 0 Å². The van der Waals surface area contributed by atoms with E-state index >= 15 is 0 Å². The molecule has 0 aromatic heterocycles. The van der Waals surface area contributed by atoms with E-state index in [4.69, 9.17) is 26.6 Å². The van der Waals surface area contributed by atoms with E-state index in [1.807, 2.05) is 56.2 Å². The van der Waals surface area contributed by atoms with Crippen molar-refractivity contribution < 1.29 is 0 Å². The van der Waals surface area contributed by atoms with Gasteiger partial charge in [0.2, 0.25) is 5.95 Å². The van der Waals surface area contributed by atoms with Crippen LogP contribution in [0.4, 0.5) is 10.9 Å². The van der Waals surface area contributed by atoms with E-state index in [1.165, 1.54) is 0 Å². The number of hydrogen-bond acceptors (Lipinski definition) is 8. The molecule has 0 bridgehead atoms. The minimum atomic E-state index is -0.531. The van der Waals surface area contributed by atoms with Gasteiger partial charge in [0.15, 0.2) is 16.9 Å². The van der Waals surface area contributed by atoms with Crippen LogP contribution in [0.2, 0.25) is 0 Å². The number of alkyl halides is 1. The highest BCUT2D eigenvalue weighted by Crippen LogP contribution is 2.48. The first-order valence-electron chi connectivity index (χ1n) is 10.2. The highest BCUT2D eigenvalue weighted by atomic mass is 35.5. The summed E-state index contributed by atoms with van der Waals surface area (Å²) in [5.41, 5.74) is 4.05. The van der Waals surface area contributed by atoms with Gasteiger partial charge in [-0.05, 0) is 12.0 Å². The number of fused-ring (bicyclic) bond motifs is 2. The van der Waals surface area contributed by atoms with Crippen LogP contribution in [0.5, 0.6) is 0 Å². The Labute approximate surface area is 191 Å². The number of hydrogen-bond donors (Lipinski definition) is 1. The lowest BCUT2D eigenvalue weighted by Crippen LogP contribution is -2.33. The van der Waals surface area contributed by atoms with Crippen LogP contribution in [0, 0.1) is 0 Å². The molecule has 1 aromatic rings. The predicted octanol–water partition coefficient (Wildman–Crippen LogP) is 4.27. The minimum Gasteiger partial charge on any atom is -0.349 e. The summed E-state index contributed by atoms with van der Waals surface area (Å²) in [4.78, 5) is 23.0. The summed E-state index contributed by atoms with van der Waals surface area (Å²) in [5.74, 6) is 1.36. The Bertz CT molecular complexity index is 1150. The van der Waals surface area contributed by atoms with E-state index in [2.05, 4.69) is 29.4 Å². The Kier molecular flexibility index (Phi) is 6.11. The summed E-state index contributed by atoms with van der Waals surface area (Å²) < 4.78 is 0. The van der Waals surface area contributed by atoms with E-state index < -0.39 is 5.50 Å². The van der Waals surface area contributed by atoms with Crippen molar-refractivity contribution in [3.8, 4) is 21.7 Å². The Balaban J connectivity index is 2.12. The van der Waals surface area contributed by atoms with Crippen LogP contribution < -0.4 is 15.7 Å². The summed E-state index contributed by atoms with van der Waals surface area (Å²) in [6, 6.07) is 10.2. The molecule has 0 saturated heterocycles. The molecule has 0 spiro atoms. The van der Waals surface area contributed by atoms with E-state index in [0.29, 0.717) is 18.0 Å². The van der Waals surface area contributed by atoms with Crippen LogP contribution in [0.15, 0.2) is 40.3 Å². The number of aliphatic imine (C=N–C) groups is 1. The summed E-state index contributed by atoms with van der Waals surface area (Å²) in [7, 11) is 7.77. The number of aromatic nitrogens is 2. The Hall–Kier alpha value is -2.71. The van der Waals surface area contributed by atoms with Crippen molar-refractivity contribution in [2.75, 3.05) is 45.0 Å². The topological polar surface area (TPSA) is 69.0 Å². The smallest absolute Gasteiger partial charge is 0.228 e. The summed E-state index contributed by atoms with van der Waals surface area (Å²) in [6.07, 6.45) is 0.939. The fraction of sp³-hybridized carbons (Fsp3) is 0.364. The molecule has 31 heavy (non-hydrogen) atoms. The maximum absolute atomic E-state index is 6.85. The molecule has 3 heterocycles. The zero-order chi connectivity index (χ0) is 22.1. The first-order chi connectivity index (χ1) is 14.9. The molecule has 4 rings (SSSR count). The van der Waals surface area contributed by atoms with E-state index in [0.717, 1.165) is 44.6 Å². The van der Waals surface area contributed by atoms with Gasteiger partial charge in [-0.1, -0.05) is 60.2 Å². The highest BCUT2D eigenvalue weighted by molar-refractivity contribution is 7.19. The predicted molar refractivity (Wildman–Crippen MR) is 130 cm³/mol. The first kappa shape index (κ1) is 21.5. The number of benzene rings is 1. The second-order valence-electron chi connectivity index (χ2n) is 7.70. The quantitative estimate of drug-likeness (QED) is 0.470. The third-order valence-corrected chi connectivity index (χ3v) is 6.21. The highest BCUT2D eigenvalue weighted by Gasteiger charge is 2.31. The van der Waals surface area contributed by atoms with Crippen LogP contribution in [-0.2, 0) is 0 Å². The average Bonchev–Trinajstić information content (AvgIpc) is 2.76. The number of rotatable bonds is 4. The maximum Gasteiger partial charge on any atom is 0.228 e. The monoisotopic (exact) mass is 455 g/mol. The van der Waals surface area contributed by atoms with Gasteiger partial charge >= 0.3 is 0 Å². The van der Waals surface area contributed by atoms with Crippen molar-refractivity contribution in [1.82, 2.24) is 14.9 Å². The van der Waals surface area contributed by atoms with Gasteiger partial charge in [-0.3, -0.25) is 4.99 Å². The molecular weight excluding hydrogens is 430 g/mol. The third kappa shape index (κ3) is 4.09. The number of nitrogens with zero attached hydrogens (tertiary/aromatic N) is 6. The molecule has 9 heteroatoms. The summed E-state index contributed by atoms with van der Waals surface area (Å²) in [5, 5.41) is 5.25. The zero-order valence-electron chi connectivity index (χ0n) is 18.3. The lowest BCUT2D eigenvalue weighted by atomic mass is 9.96.